The number of amides is 2. The van der Waals surface area contributed by atoms with Crippen LogP contribution in [0.1, 0.15) is 44.0 Å². The molecule has 1 aliphatic heterocycles. The fourth-order valence-corrected chi connectivity index (χ4v) is 2.79. The number of ketones is 1. The van der Waals surface area contributed by atoms with Gasteiger partial charge in [0, 0.05) is 36.2 Å². The molecular weight excluding hydrogens is 292 g/mol. The molecule has 1 fully saturated rings. The third kappa shape index (κ3) is 4.41. The summed E-state index contributed by atoms with van der Waals surface area (Å²) in [6.07, 6.45) is 1.35. The number of hydrogen-bond donors (Lipinski definition) is 1. The molecule has 1 aromatic rings. The van der Waals surface area contributed by atoms with Crippen LogP contribution in [0.5, 0.6) is 0 Å². The minimum absolute atomic E-state index is 0.00491. The number of Topliss-reactive ketones (excluding diaryl/α,β-unsaturated/α-hetero) is 1. The van der Waals surface area contributed by atoms with Crippen molar-refractivity contribution in [2.45, 2.75) is 33.6 Å². The highest BCUT2D eigenvalue weighted by molar-refractivity contribution is 5.97. The fraction of sp³-hybridized carbons (Fsp3) is 0.500. The van der Waals surface area contributed by atoms with Crippen molar-refractivity contribution >= 4 is 23.3 Å². The van der Waals surface area contributed by atoms with E-state index in [2.05, 4.69) is 5.32 Å². The van der Waals surface area contributed by atoms with Crippen LogP contribution in [0, 0.1) is 11.8 Å². The highest BCUT2D eigenvalue weighted by Gasteiger charge is 2.28. The first-order chi connectivity index (χ1) is 10.9. The van der Waals surface area contributed by atoms with Gasteiger partial charge in [-0.1, -0.05) is 26.0 Å². The molecule has 0 unspecified atom stereocenters. The van der Waals surface area contributed by atoms with Crippen LogP contribution in [0.25, 0.3) is 0 Å². The van der Waals surface area contributed by atoms with E-state index in [-0.39, 0.29) is 29.4 Å². The average Bonchev–Trinajstić information content (AvgIpc) is 2.54. The van der Waals surface area contributed by atoms with E-state index in [4.69, 9.17) is 0 Å². The van der Waals surface area contributed by atoms with Gasteiger partial charge >= 0.3 is 0 Å². The Kier molecular flexibility index (Phi) is 5.53. The Labute approximate surface area is 137 Å². The molecule has 2 amide bonds. The average molecular weight is 316 g/mol. The van der Waals surface area contributed by atoms with Gasteiger partial charge in [-0.2, -0.15) is 0 Å². The van der Waals surface area contributed by atoms with Gasteiger partial charge in [-0.3, -0.25) is 14.4 Å². The Bertz CT molecular complexity index is 602. The van der Waals surface area contributed by atoms with E-state index in [9.17, 15) is 14.4 Å². The number of likely N-dealkylation sites (tertiary alicyclic amines) is 1. The second kappa shape index (κ2) is 7.40. The second-order valence-corrected chi connectivity index (χ2v) is 6.38. The molecule has 5 heteroatoms. The van der Waals surface area contributed by atoms with Gasteiger partial charge in [-0.05, 0) is 31.9 Å². The highest BCUT2D eigenvalue weighted by atomic mass is 16.2. The maximum Gasteiger partial charge on any atom is 0.227 e. The zero-order chi connectivity index (χ0) is 17.0. The predicted octanol–water partition coefficient (Wildman–Crippen LogP) is 2.72. The molecule has 0 radical (unpaired) electrons. The number of carbonyl (C=O) groups excluding carboxylic acids is 3. The van der Waals surface area contributed by atoms with Crippen molar-refractivity contribution in [3.05, 3.63) is 29.8 Å². The van der Waals surface area contributed by atoms with E-state index >= 15 is 0 Å². The number of hydrogen-bond acceptors (Lipinski definition) is 3. The van der Waals surface area contributed by atoms with Crippen molar-refractivity contribution in [3.63, 3.8) is 0 Å². The van der Waals surface area contributed by atoms with Gasteiger partial charge in [-0.25, -0.2) is 0 Å². The Balaban J connectivity index is 1.92. The summed E-state index contributed by atoms with van der Waals surface area (Å²) in [6, 6.07) is 6.96. The first kappa shape index (κ1) is 17.2. The molecular formula is C18H24N2O3. The maximum absolute atomic E-state index is 12.4. The summed E-state index contributed by atoms with van der Waals surface area (Å²) in [5.74, 6) is -0.0103. The highest BCUT2D eigenvalue weighted by Crippen LogP contribution is 2.21. The normalized spacial score (nSPS) is 15.6. The Morgan fingerprint density at radius 2 is 1.83 bits per heavy atom. The zero-order valence-electron chi connectivity index (χ0n) is 14.0. The first-order valence-corrected chi connectivity index (χ1v) is 8.09. The maximum atomic E-state index is 12.4. The van der Waals surface area contributed by atoms with Crippen molar-refractivity contribution in [1.29, 1.82) is 0 Å². The molecule has 1 aliphatic rings. The number of nitrogens with zero attached hydrogens (tertiary/aromatic N) is 1. The quantitative estimate of drug-likeness (QED) is 0.869. The Morgan fingerprint density at radius 3 is 2.39 bits per heavy atom. The molecule has 1 heterocycles. The monoisotopic (exact) mass is 316 g/mol. The Morgan fingerprint density at radius 1 is 1.17 bits per heavy atom. The van der Waals surface area contributed by atoms with Crippen molar-refractivity contribution in [3.8, 4) is 0 Å². The summed E-state index contributed by atoms with van der Waals surface area (Å²) in [4.78, 5) is 37.5. The summed E-state index contributed by atoms with van der Waals surface area (Å²) in [5, 5.41) is 2.88. The van der Waals surface area contributed by atoms with E-state index < -0.39 is 0 Å². The smallest absolute Gasteiger partial charge is 0.227 e. The van der Waals surface area contributed by atoms with E-state index in [1.807, 2.05) is 18.7 Å². The summed E-state index contributed by atoms with van der Waals surface area (Å²) < 4.78 is 0. The lowest BCUT2D eigenvalue weighted by molar-refractivity contribution is -0.137. The second-order valence-electron chi connectivity index (χ2n) is 6.38. The van der Waals surface area contributed by atoms with Crippen molar-refractivity contribution in [1.82, 2.24) is 4.90 Å². The summed E-state index contributed by atoms with van der Waals surface area (Å²) in [6.45, 7) is 6.54. The minimum atomic E-state index is -0.0906. The molecule has 0 aromatic heterocycles. The van der Waals surface area contributed by atoms with Gasteiger partial charge in [0.2, 0.25) is 11.8 Å². The lowest BCUT2D eigenvalue weighted by Gasteiger charge is -2.32. The van der Waals surface area contributed by atoms with Gasteiger partial charge < -0.3 is 10.2 Å². The third-order valence-electron chi connectivity index (χ3n) is 4.21. The topological polar surface area (TPSA) is 66.5 Å². The molecule has 0 aliphatic carbocycles. The lowest BCUT2D eigenvalue weighted by atomic mass is 9.95. The lowest BCUT2D eigenvalue weighted by Crippen LogP contribution is -2.43. The van der Waals surface area contributed by atoms with Crippen LogP contribution >= 0.6 is 0 Å². The van der Waals surface area contributed by atoms with Gasteiger partial charge in [0.05, 0.1) is 0 Å². The molecule has 5 nitrogen and oxygen atoms in total. The molecule has 0 saturated carbocycles. The minimum Gasteiger partial charge on any atom is -0.342 e. The van der Waals surface area contributed by atoms with Crippen molar-refractivity contribution in [2.75, 3.05) is 18.4 Å². The standard InChI is InChI=1S/C18H24N2O3/c1-12(2)18(23)20-9-7-14(8-10-20)17(22)19-16-6-4-5-15(11-16)13(3)21/h4-6,11-12,14H,7-10H2,1-3H3,(H,19,22). The number of carbonyl (C=O) groups is 3. The van der Waals surface area contributed by atoms with Gasteiger partial charge in [-0.15, -0.1) is 0 Å². The molecule has 1 N–H and O–H groups in total. The van der Waals surface area contributed by atoms with Crippen LogP contribution in [-0.4, -0.2) is 35.6 Å². The molecule has 1 saturated heterocycles. The van der Waals surface area contributed by atoms with Crippen LogP contribution in [0.15, 0.2) is 24.3 Å². The van der Waals surface area contributed by atoms with Crippen LogP contribution in [-0.2, 0) is 9.59 Å². The van der Waals surface area contributed by atoms with E-state index in [0.29, 0.717) is 37.2 Å². The summed E-state index contributed by atoms with van der Waals surface area (Å²) >= 11 is 0. The zero-order valence-corrected chi connectivity index (χ0v) is 14.0. The largest absolute Gasteiger partial charge is 0.342 e. The van der Waals surface area contributed by atoms with Crippen molar-refractivity contribution < 1.29 is 14.4 Å². The number of benzene rings is 1. The third-order valence-corrected chi connectivity index (χ3v) is 4.21. The van der Waals surface area contributed by atoms with Gasteiger partial charge in [0.1, 0.15) is 0 Å². The van der Waals surface area contributed by atoms with E-state index in [1.165, 1.54) is 6.92 Å². The molecule has 1 aromatic carbocycles. The SMILES string of the molecule is CC(=O)c1cccc(NC(=O)C2CCN(C(=O)C(C)C)CC2)c1. The van der Waals surface area contributed by atoms with E-state index in [1.54, 1.807) is 24.3 Å². The molecule has 0 atom stereocenters. The first-order valence-electron chi connectivity index (χ1n) is 8.09. The van der Waals surface area contributed by atoms with Crippen LogP contribution in [0.4, 0.5) is 5.69 Å². The molecule has 124 valence electrons. The summed E-state index contributed by atoms with van der Waals surface area (Å²) in [5.41, 5.74) is 1.23. The number of piperidine rings is 1. The van der Waals surface area contributed by atoms with Gasteiger partial charge in [0.15, 0.2) is 5.78 Å². The van der Waals surface area contributed by atoms with Crippen LogP contribution in [0.2, 0.25) is 0 Å². The van der Waals surface area contributed by atoms with Gasteiger partial charge in [0.25, 0.3) is 0 Å². The summed E-state index contributed by atoms with van der Waals surface area (Å²) in [7, 11) is 0. The van der Waals surface area contributed by atoms with Crippen LogP contribution < -0.4 is 5.32 Å². The molecule has 0 spiro atoms. The molecule has 2 rings (SSSR count). The van der Waals surface area contributed by atoms with E-state index in [0.717, 1.165) is 0 Å². The predicted molar refractivity (Wildman–Crippen MR) is 89.2 cm³/mol. The van der Waals surface area contributed by atoms with Crippen molar-refractivity contribution in [2.24, 2.45) is 11.8 Å². The number of anilines is 1. The molecule has 23 heavy (non-hydrogen) atoms. The van der Waals surface area contributed by atoms with Crippen LogP contribution in [0.3, 0.4) is 0 Å². The fourth-order valence-electron chi connectivity index (χ4n) is 2.79. The Hall–Kier alpha value is -2.17. The molecule has 0 bridgehead atoms. The number of rotatable bonds is 4. The number of nitrogens with one attached hydrogen (secondary N) is 1.